The Bertz CT molecular complexity index is 460. The molecule has 21 heavy (non-hydrogen) atoms. The molecule has 0 atom stereocenters. The number of halogens is 1. The minimum Gasteiger partial charge on any atom is -0.496 e. The largest absolute Gasteiger partial charge is 0.496 e. The van der Waals surface area contributed by atoms with E-state index in [1.807, 2.05) is 18.2 Å². The minimum atomic E-state index is 0.156. The van der Waals surface area contributed by atoms with E-state index in [2.05, 4.69) is 41.6 Å². The number of carbonyl (C=O) groups excluding carboxylic acids is 1. The zero-order chi connectivity index (χ0) is 15.8. The first-order valence-corrected chi connectivity index (χ1v) is 8.39. The first-order valence-electron chi connectivity index (χ1n) is 7.60. The second-order valence-corrected chi connectivity index (χ2v) is 6.40. The Morgan fingerprint density at radius 3 is 2.57 bits per heavy atom. The molecule has 0 amide bonds. The predicted molar refractivity (Wildman–Crippen MR) is 91.3 cm³/mol. The summed E-state index contributed by atoms with van der Waals surface area (Å²) in [6.07, 6.45) is 3.56. The molecule has 0 saturated carbocycles. The molecule has 0 N–H and O–H groups in total. The fourth-order valence-corrected chi connectivity index (χ4v) is 2.74. The highest BCUT2D eigenvalue weighted by atomic mass is 79.9. The summed E-state index contributed by atoms with van der Waals surface area (Å²) < 4.78 is 6.01. The molecule has 1 aromatic rings. The summed E-state index contributed by atoms with van der Waals surface area (Å²) in [7, 11) is 1.62. The van der Waals surface area contributed by atoms with Crippen LogP contribution in [0.25, 0.3) is 0 Å². The molecule has 0 aromatic heterocycles. The maximum absolute atomic E-state index is 12.4. The lowest BCUT2D eigenvalue weighted by Crippen LogP contribution is -2.36. The van der Waals surface area contributed by atoms with Crippen molar-refractivity contribution in [1.29, 1.82) is 0 Å². The summed E-state index contributed by atoms with van der Waals surface area (Å²) in [5, 5.41) is 0. The zero-order valence-corrected chi connectivity index (χ0v) is 15.1. The van der Waals surface area contributed by atoms with Crippen molar-refractivity contribution in [2.75, 3.05) is 20.2 Å². The van der Waals surface area contributed by atoms with Gasteiger partial charge in [0.05, 0.1) is 18.1 Å². The highest BCUT2D eigenvalue weighted by Crippen LogP contribution is 2.25. The summed E-state index contributed by atoms with van der Waals surface area (Å²) in [6, 6.07) is 5.88. The average Bonchev–Trinajstić information content (AvgIpc) is 2.45. The SMILES string of the molecule is CCCCCN(CC(=O)c1ccc(OC)c(Br)c1)C(C)C. The Kier molecular flexibility index (Phi) is 7.97. The van der Waals surface area contributed by atoms with Gasteiger partial charge in [-0.25, -0.2) is 0 Å². The van der Waals surface area contributed by atoms with Gasteiger partial charge in [0.2, 0.25) is 0 Å². The number of carbonyl (C=O) groups is 1. The monoisotopic (exact) mass is 355 g/mol. The Morgan fingerprint density at radius 2 is 2.05 bits per heavy atom. The van der Waals surface area contributed by atoms with E-state index in [0.717, 1.165) is 28.8 Å². The summed E-state index contributed by atoms with van der Waals surface area (Å²) in [5.41, 5.74) is 0.726. The van der Waals surface area contributed by atoms with Crippen LogP contribution in [0.15, 0.2) is 22.7 Å². The standard InChI is InChI=1S/C17H26BrNO2/c1-5-6-7-10-19(13(2)3)12-16(20)14-8-9-17(21-4)15(18)11-14/h8-9,11,13H,5-7,10,12H2,1-4H3. The van der Waals surface area contributed by atoms with E-state index in [-0.39, 0.29) is 5.78 Å². The highest BCUT2D eigenvalue weighted by Gasteiger charge is 2.16. The molecule has 3 nitrogen and oxygen atoms in total. The minimum absolute atomic E-state index is 0.156. The number of nitrogens with zero attached hydrogens (tertiary/aromatic N) is 1. The van der Waals surface area contributed by atoms with Crippen LogP contribution < -0.4 is 4.74 Å². The summed E-state index contributed by atoms with van der Waals surface area (Å²) in [6.45, 7) is 7.93. The Hall–Kier alpha value is -0.870. The van der Waals surface area contributed by atoms with Crippen molar-refractivity contribution >= 4 is 21.7 Å². The zero-order valence-electron chi connectivity index (χ0n) is 13.5. The van der Waals surface area contributed by atoms with Gasteiger partial charge in [0, 0.05) is 11.6 Å². The molecule has 0 heterocycles. The van der Waals surface area contributed by atoms with E-state index in [4.69, 9.17) is 4.74 Å². The predicted octanol–water partition coefficient (Wildman–Crippen LogP) is 4.54. The van der Waals surface area contributed by atoms with Gasteiger partial charge in [0.15, 0.2) is 5.78 Å². The molecule has 118 valence electrons. The van der Waals surface area contributed by atoms with Crippen molar-refractivity contribution in [3.8, 4) is 5.75 Å². The van der Waals surface area contributed by atoms with Crippen LogP contribution in [0.4, 0.5) is 0 Å². The first-order chi connectivity index (χ1) is 9.99. The van der Waals surface area contributed by atoms with Crippen LogP contribution in [0.3, 0.4) is 0 Å². The number of ether oxygens (including phenoxy) is 1. The maximum atomic E-state index is 12.4. The van der Waals surface area contributed by atoms with E-state index < -0.39 is 0 Å². The van der Waals surface area contributed by atoms with Crippen molar-refractivity contribution < 1.29 is 9.53 Å². The third kappa shape index (κ3) is 5.79. The third-order valence-corrected chi connectivity index (χ3v) is 4.22. The van der Waals surface area contributed by atoms with Crippen molar-refractivity contribution in [3.05, 3.63) is 28.2 Å². The molecule has 0 aliphatic heterocycles. The van der Waals surface area contributed by atoms with Gasteiger partial charge in [-0.05, 0) is 60.9 Å². The number of unbranched alkanes of at least 4 members (excludes halogenated alkanes) is 2. The van der Waals surface area contributed by atoms with Crippen LogP contribution in [0.5, 0.6) is 5.75 Å². The van der Waals surface area contributed by atoms with Gasteiger partial charge in [-0.1, -0.05) is 19.8 Å². The summed E-state index contributed by atoms with van der Waals surface area (Å²) in [4.78, 5) is 14.7. The van der Waals surface area contributed by atoms with Crippen molar-refractivity contribution in [3.63, 3.8) is 0 Å². The van der Waals surface area contributed by atoms with Gasteiger partial charge in [0.25, 0.3) is 0 Å². The van der Waals surface area contributed by atoms with Gasteiger partial charge in [-0.15, -0.1) is 0 Å². The van der Waals surface area contributed by atoms with Gasteiger partial charge >= 0.3 is 0 Å². The maximum Gasteiger partial charge on any atom is 0.176 e. The normalized spacial score (nSPS) is 11.2. The van der Waals surface area contributed by atoms with Crippen molar-refractivity contribution in [1.82, 2.24) is 4.90 Å². The number of hydrogen-bond acceptors (Lipinski definition) is 3. The second-order valence-electron chi connectivity index (χ2n) is 5.54. The Labute approximate surface area is 136 Å². The summed E-state index contributed by atoms with van der Waals surface area (Å²) in [5.74, 6) is 0.902. The van der Waals surface area contributed by atoms with Crippen LogP contribution in [0.2, 0.25) is 0 Å². The fourth-order valence-electron chi connectivity index (χ4n) is 2.20. The van der Waals surface area contributed by atoms with E-state index in [0.29, 0.717) is 12.6 Å². The number of hydrogen-bond donors (Lipinski definition) is 0. The van der Waals surface area contributed by atoms with Crippen LogP contribution in [-0.2, 0) is 0 Å². The number of rotatable bonds is 9. The van der Waals surface area contributed by atoms with Crippen LogP contribution in [0.1, 0.15) is 50.4 Å². The van der Waals surface area contributed by atoms with Gasteiger partial charge in [0.1, 0.15) is 5.75 Å². The number of methoxy groups -OCH3 is 1. The molecule has 1 rings (SSSR count). The third-order valence-electron chi connectivity index (χ3n) is 3.60. The molecular weight excluding hydrogens is 330 g/mol. The van der Waals surface area contributed by atoms with E-state index in [1.54, 1.807) is 7.11 Å². The lowest BCUT2D eigenvalue weighted by molar-refractivity contribution is 0.0903. The topological polar surface area (TPSA) is 29.5 Å². The van der Waals surface area contributed by atoms with Crippen molar-refractivity contribution in [2.24, 2.45) is 0 Å². The molecular formula is C17H26BrNO2. The molecule has 0 bridgehead atoms. The molecule has 0 aliphatic rings. The highest BCUT2D eigenvalue weighted by molar-refractivity contribution is 9.10. The fraction of sp³-hybridized carbons (Fsp3) is 0.588. The van der Waals surface area contributed by atoms with Gasteiger partial charge in [-0.2, -0.15) is 0 Å². The van der Waals surface area contributed by atoms with E-state index in [1.165, 1.54) is 12.8 Å². The van der Waals surface area contributed by atoms with E-state index >= 15 is 0 Å². The molecule has 0 unspecified atom stereocenters. The Balaban J connectivity index is 2.70. The smallest absolute Gasteiger partial charge is 0.176 e. The molecule has 0 fully saturated rings. The number of Topliss-reactive ketones (excluding diaryl/α,β-unsaturated/α-hetero) is 1. The first kappa shape index (κ1) is 18.2. The number of ketones is 1. The molecule has 1 aromatic carbocycles. The van der Waals surface area contributed by atoms with E-state index in [9.17, 15) is 4.79 Å². The van der Waals surface area contributed by atoms with Gasteiger partial charge in [-0.3, -0.25) is 9.69 Å². The summed E-state index contributed by atoms with van der Waals surface area (Å²) >= 11 is 3.43. The molecule has 0 aliphatic carbocycles. The molecule has 4 heteroatoms. The molecule has 0 saturated heterocycles. The quantitative estimate of drug-likeness (QED) is 0.481. The van der Waals surface area contributed by atoms with Crippen LogP contribution >= 0.6 is 15.9 Å². The lowest BCUT2D eigenvalue weighted by Gasteiger charge is -2.25. The lowest BCUT2D eigenvalue weighted by atomic mass is 10.1. The second kappa shape index (κ2) is 9.21. The van der Waals surface area contributed by atoms with Crippen LogP contribution in [-0.4, -0.2) is 36.9 Å². The number of benzene rings is 1. The van der Waals surface area contributed by atoms with Crippen molar-refractivity contribution in [2.45, 2.75) is 46.1 Å². The van der Waals surface area contributed by atoms with Gasteiger partial charge < -0.3 is 4.74 Å². The molecule has 0 spiro atoms. The van der Waals surface area contributed by atoms with Crippen LogP contribution in [0, 0.1) is 0 Å². The average molecular weight is 356 g/mol. The Morgan fingerprint density at radius 1 is 1.33 bits per heavy atom. The molecule has 0 radical (unpaired) electrons.